The highest BCUT2D eigenvalue weighted by molar-refractivity contribution is 6.31. The van der Waals surface area contributed by atoms with Crippen LogP contribution in [0.2, 0.25) is 5.02 Å². The Kier molecular flexibility index (Phi) is 3.24. The molecule has 1 N–H and O–H groups in total. The number of benzene rings is 1. The van der Waals surface area contributed by atoms with Crippen molar-refractivity contribution in [2.45, 2.75) is 31.3 Å². The van der Waals surface area contributed by atoms with Crippen LogP contribution in [-0.2, 0) is 0 Å². The molecule has 3 rings (SSSR count). The van der Waals surface area contributed by atoms with E-state index in [9.17, 15) is 9.50 Å². The van der Waals surface area contributed by atoms with E-state index in [-0.39, 0.29) is 10.9 Å². The molecule has 0 aliphatic heterocycles. The topological polar surface area (TPSA) is 59.2 Å². The van der Waals surface area contributed by atoms with E-state index in [1.165, 1.54) is 12.1 Å². The van der Waals surface area contributed by atoms with Gasteiger partial charge in [-0.3, -0.25) is 0 Å². The molecule has 0 bridgehead atoms. The van der Waals surface area contributed by atoms with Crippen molar-refractivity contribution < 1.29 is 14.0 Å². The van der Waals surface area contributed by atoms with E-state index in [2.05, 4.69) is 10.1 Å². The summed E-state index contributed by atoms with van der Waals surface area (Å²) in [5, 5.41) is 13.7. The van der Waals surface area contributed by atoms with Gasteiger partial charge in [-0.2, -0.15) is 4.98 Å². The van der Waals surface area contributed by atoms with Gasteiger partial charge in [0.05, 0.1) is 17.0 Å². The molecule has 1 aromatic heterocycles. The van der Waals surface area contributed by atoms with Crippen LogP contribution in [0.5, 0.6) is 0 Å². The number of aliphatic hydroxyl groups excluding tert-OH is 1. The van der Waals surface area contributed by atoms with Crippen molar-refractivity contribution in [3.05, 3.63) is 34.9 Å². The van der Waals surface area contributed by atoms with Crippen LogP contribution in [0.25, 0.3) is 11.4 Å². The summed E-state index contributed by atoms with van der Waals surface area (Å²) in [4.78, 5) is 4.26. The second-order valence-corrected chi connectivity index (χ2v) is 5.10. The lowest BCUT2D eigenvalue weighted by atomic mass is 10.1. The van der Waals surface area contributed by atoms with Crippen LogP contribution in [0, 0.1) is 5.82 Å². The van der Waals surface area contributed by atoms with Gasteiger partial charge in [-0.15, -0.1) is 0 Å². The van der Waals surface area contributed by atoms with Gasteiger partial charge in [-0.1, -0.05) is 16.8 Å². The zero-order chi connectivity index (χ0) is 13.4. The summed E-state index contributed by atoms with van der Waals surface area (Å²) in [6.07, 6.45) is 2.12. The molecule has 1 aliphatic rings. The number of hydrogen-bond acceptors (Lipinski definition) is 4. The Bertz CT molecular complexity index is 602. The number of rotatable bonds is 2. The summed E-state index contributed by atoms with van der Waals surface area (Å²) in [5.41, 5.74) is 0.592. The molecule has 2 atom stereocenters. The van der Waals surface area contributed by atoms with Crippen LogP contribution in [0.15, 0.2) is 22.7 Å². The predicted molar refractivity (Wildman–Crippen MR) is 67.3 cm³/mol. The zero-order valence-corrected chi connectivity index (χ0v) is 10.8. The number of aromatic nitrogens is 2. The Morgan fingerprint density at radius 1 is 1.37 bits per heavy atom. The summed E-state index contributed by atoms with van der Waals surface area (Å²) in [6.45, 7) is 0. The molecule has 1 fully saturated rings. The zero-order valence-electron chi connectivity index (χ0n) is 10.0. The fourth-order valence-electron chi connectivity index (χ4n) is 2.37. The van der Waals surface area contributed by atoms with E-state index >= 15 is 0 Å². The largest absolute Gasteiger partial charge is 0.392 e. The van der Waals surface area contributed by atoms with Gasteiger partial charge in [-0.25, -0.2) is 4.39 Å². The molecule has 0 amide bonds. The van der Waals surface area contributed by atoms with Crippen molar-refractivity contribution in [1.82, 2.24) is 10.1 Å². The molecule has 0 spiro atoms. The molecule has 19 heavy (non-hydrogen) atoms. The average Bonchev–Trinajstić information content (AvgIpc) is 3.01. The molecular formula is C13H12ClFN2O2. The van der Waals surface area contributed by atoms with E-state index in [0.717, 1.165) is 19.3 Å². The number of nitrogens with zero attached hydrogens (tertiary/aromatic N) is 2. The van der Waals surface area contributed by atoms with Crippen molar-refractivity contribution in [3.63, 3.8) is 0 Å². The van der Waals surface area contributed by atoms with Gasteiger partial charge in [0.2, 0.25) is 11.7 Å². The summed E-state index contributed by atoms with van der Waals surface area (Å²) in [5.74, 6) is 0.203. The van der Waals surface area contributed by atoms with E-state index in [1.807, 2.05) is 0 Å². The van der Waals surface area contributed by atoms with Crippen molar-refractivity contribution >= 4 is 11.6 Å². The first-order valence-corrected chi connectivity index (χ1v) is 6.50. The minimum Gasteiger partial charge on any atom is -0.392 e. The highest BCUT2D eigenvalue weighted by Gasteiger charge is 2.31. The summed E-state index contributed by atoms with van der Waals surface area (Å²) in [6, 6.07) is 4.26. The smallest absolute Gasteiger partial charge is 0.232 e. The maximum atomic E-state index is 13.1. The highest BCUT2D eigenvalue weighted by Crippen LogP contribution is 2.34. The molecule has 6 heteroatoms. The Hall–Kier alpha value is -1.46. The molecule has 0 saturated heterocycles. The summed E-state index contributed by atoms with van der Waals surface area (Å²) in [7, 11) is 0. The molecule has 1 heterocycles. The van der Waals surface area contributed by atoms with E-state index < -0.39 is 11.9 Å². The molecule has 0 radical (unpaired) electrons. The number of hydrogen-bond donors (Lipinski definition) is 1. The van der Waals surface area contributed by atoms with Gasteiger partial charge < -0.3 is 9.63 Å². The third-order valence-corrected chi connectivity index (χ3v) is 3.71. The first-order chi connectivity index (χ1) is 9.15. The fourth-order valence-corrected chi connectivity index (χ4v) is 2.55. The van der Waals surface area contributed by atoms with Crippen LogP contribution in [0.4, 0.5) is 4.39 Å². The van der Waals surface area contributed by atoms with Gasteiger partial charge in [-0.05, 0) is 37.5 Å². The SMILES string of the molecule is OC1CCCC1c1nc(-c2ccc(F)c(Cl)c2)no1. The van der Waals surface area contributed by atoms with Gasteiger partial charge in [0.25, 0.3) is 0 Å². The molecule has 2 aromatic rings. The van der Waals surface area contributed by atoms with Crippen LogP contribution in [0.3, 0.4) is 0 Å². The minimum absolute atomic E-state index is 0.0183. The van der Waals surface area contributed by atoms with E-state index in [0.29, 0.717) is 17.3 Å². The Morgan fingerprint density at radius 2 is 2.21 bits per heavy atom. The predicted octanol–water partition coefficient (Wildman–Crippen LogP) is 3.16. The summed E-state index contributed by atoms with van der Waals surface area (Å²) >= 11 is 5.72. The van der Waals surface area contributed by atoms with E-state index in [1.54, 1.807) is 6.07 Å². The first-order valence-electron chi connectivity index (χ1n) is 6.12. The van der Waals surface area contributed by atoms with Gasteiger partial charge >= 0.3 is 0 Å². The molecule has 100 valence electrons. The number of aliphatic hydroxyl groups is 1. The van der Waals surface area contributed by atoms with Crippen LogP contribution in [0.1, 0.15) is 31.1 Å². The van der Waals surface area contributed by atoms with Gasteiger partial charge in [0, 0.05) is 5.56 Å². The monoisotopic (exact) mass is 282 g/mol. The minimum atomic E-state index is -0.486. The Balaban J connectivity index is 1.90. The normalized spacial score (nSPS) is 22.9. The molecular weight excluding hydrogens is 271 g/mol. The fraction of sp³-hybridized carbons (Fsp3) is 0.385. The van der Waals surface area contributed by atoms with Crippen molar-refractivity contribution in [1.29, 1.82) is 0 Å². The second kappa shape index (κ2) is 4.90. The van der Waals surface area contributed by atoms with Crippen molar-refractivity contribution in [2.24, 2.45) is 0 Å². The van der Waals surface area contributed by atoms with Crippen molar-refractivity contribution in [3.8, 4) is 11.4 Å². The molecule has 4 nitrogen and oxygen atoms in total. The van der Waals surface area contributed by atoms with Gasteiger partial charge in [0.15, 0.2) is 0 Å². The average molecular weight is 283 g/mol. The molecule has 2 unspecified atom stereocenters. The quantitative estimate of drug-likeness (QED) is 0.919. The van der Waals surface area contributed by atoms with Crippen molar-refractivity contribution in [2.75, 3.05) is 0 Å². The highest BCUT2D eigenvalue weighted by atomic mass is 35.5. The molecule has 1 aliphatic carbocycles. The third kappa shape index (κ3) is 2.35. The maximum Gasteiger partial charge on any atom is 0.232 e. The third-order valence-electron chi connectivity index (χ3n) is 3.42. The lowest BCUT2D eigenvalue weighted by molar-refractivity contribution is 0.148. The lowest BCUT2D eigenvalue weighted by Crippen LogP contribution is -2.11. The maximum absolute atomic E-state index is 13.1. The first kappa shape index (κ1) is 12.6. The Labute approximate surface area is 114 Å². The lowest BCUT2D eigenvalue weighted by Gasteiger charge is -2.07. The number of halogens is 2. The Morgan fingerprint density at radius 3 is 2.89 bits per heavy atom. The van der Waals surface area contributed by atoms with E-state index in [4.69, 9.17) is 16.1 Å². The second-order valence-electron chi connectivity index (χ2n) is 4.69. The van der Waals surface area contributed by atoms with Crippen LogP contribution >= 0.6 is 11.6 Å². The molecule has 1 aromatic carbocycles. The van der Waals surface area contributed by atoms with Gasteiger partial charge in [0.1, 0.15) is 5.82 Å². The molecule has 1 saturated carbocycles. The van der Waals surface area contributed by atoms with Crippen LogP contribution in [-0.4, -0.2) is 21.4 Å². The standard InChI is InChI=1S/C13H12ClFN2O2/c14-9-6-7(4-5-10(9)15)12-16-13(19-17-12)8-2-1-3-11(8)18/h4-6,8,11,18H,1-3H2. The summed E-state index contributed by atoms with van der Waals surface area (Å²) < 4.78 is 18.3. The van der Waals surface area contributed by atoms with Crippen LogP contribution < -0.4 is 0 Å².